The Balaban J connectivity index is 2.34. The van der Waals surface area contributed by atoms with E-state index >= 15 is 0 Å². The van der Waals surface area contributed by atoms with E-state index in [-0.39, 0.29) is 6.04 Å². The molecule has 0 spiro atoms. The maximum Gasteiger partial charge on any atom is 0.128 e. The molecule has 0 saturated carbocycles. The van der Waals surface area contributed by atoms with E-state index in [1.807, 2.05) is 20.0 Å². The summed E-state index contributed by atoms with van der Waals surface area (Å²) in [6.45, 7) is 8.27. The lowest BCUT2D eigenvalue weighted by Gasteiger charge is -2.19. The number of pyridine rings is 1. The molecule has 21 heavy (non-hydrogen) atoms. The number of ether oxygens (including phenoxy) is 1. The molecule has 0 amide bonds. The fourth-order valence-electron chi connectivity index (χ4n) is 3.00. The van der Waals surface area contributed by atoms with Gasteiger partial charge in [0.05, 0.1) is 7.11 Å². The predicted octanol–water partition coefficient (Wildman–Crippen LogP) is 3.57. The van der Waals surface area contributed by atoms with Gasteiger partial charge >= 0.3 is 0 Å². The second-order valence-corrected chi connectivity index (χ2v) is 5.66. The minimum absolute atomic E-state index is 0.0511. The van der Waals surface area contributed by atoms with Crippen LogP contribution in [0.5, 0.6) is 5.75 Å². The fourth-order valence-corrected chi connectivity index (χ4v) is 3.00. The van der Waals surface area contributed by atoms with Crippen molar-refractivity contribution in [1.82, 2.24) is 4.98 Å². The van der Waals surface area contributed by atoms with Gasteiger partial charge in [-0.25, -0.2) is 0 Å². The average Bonchev–Trinajstić information content (AvgIpc) is 2.42. The van der Waals surface area contributed by atoms with Gasteiger partial charge in [0.25, 0.3) is 0 Å². The molecule has 2 rings (SSSR count). The molecule has 1 atom stereocenters. The van der Waals surface area contributed by atoms with Gasteiger partial charge in [0.1, 0.15) is 5.75 Å². The van der Waals surface area contributed by atoms with Crippen LogP contribution in [0.3, 0.4) is 0 Å². The van der Waals surface area contributed by atoms with Crippen LogP contribution >= 0.6 is 0 Å². The molecule has 0 aliphatic heterocycles. The van der Waals surface area contributed by atoms with E-state index in [0.29, 0.717) is 6.42 Å². The molecule has 1 heterocycles. The minimum atomic E-state index is -0.0511. The van der Waals surface area contributed by atoms with Crippen LogP contribution in [-0.4, -0.2) is 12.1 Å². The lowest BCUT2D eigenvalue weighted by Crippen LogP contribution is -2.17. The average molecular weight is 284 g/mol. The number of benzene rings is 1. The van der Waals surface area contributed by atoms with Crippen LogP contribution in [0.1, 0.15) is 39.6 Å². The second kappa shape index (κ2) is 6.27. The summed E-state index contributed by atoms with van der Waals surface area (Å²) in [5.41, 5.74) is 13.3. The fraction of sp³-hybridized carbons (Fsp3) is 0.389. The summed E-state index contributed by atoms with van der Waals surface area (Å²) in [5.74, 6) is 0.911. The summed E-state index contributed by atoms with van der Waals surface area (Å²) in [6.07, 6.45) is 2.58. The number of hydrogen-bond donors (Lipinski definition) is 1. The van der Waals surface area contributed by atoms with Gasteiger partial charge in [0.15, 0.2) is 0 Å². The first-order chi connectivity index (χ1) is 9.95. The SMILES string of the molecule is COc1c(C)cnc(CC(N)c2c(C)cccc2C)c1C. The van der Waals surface area contributed by atoms with E-state index < -0.39 is 0 Å². The van der Waals surface area contributed by atoms with Gasteiger partial charge in [-0.05, 0) is 44.4 Å². The lowest BCUT2D eigenvalue weighted by atomic mass is 9.92. The van der Waals surface area contributed by atoms with E-state index in [1.165, 1.54) is 16.7 Å². The topological polar surface area (TPSA) is 48.1 Å². The Kier molecular flexibility index (Phi) is 4.63. The minimum Gasteiger partial charge on any atom is -0.496 e. The van der Waals surface area contributed by atoms with E-state index in [1.54, 1.807) is 7.11 Å². The van der Waals surface area contributed by atoms with Crippen LogP contribution in [0.15, 0.2) is 24.4 Å². The smallest absolute Gasteiger partial charge is 0.128 e. The maximum absolute atomic E-state index is 6.45. The van der Waals surface area contributed by atoms with Gasteiger partial charge in [-0.1, -0.05) is 18.2 Å². The molecule has 0 saturated heterocycles. The zero-order valence-corrected chi connectivity index (χ0v) is 13.5. The third kappa shape index (κ3) is 3.08. The zero-order valence-electron chi connectivity index (χ0n) is 13.5. The van der Waals surface area contributed by atoms with Crippen LogP contribution in [0.25, 0.3) is 0 Å². The molecule has 3 nitrogen and oxygen atoms in total. The highest BCUT2D eigenvalue weighted by molar-refractivity contribution is 5.42. The van der Waals surface area contributed by atoms with E-state index in [9.17, 15) is 0 Å². The number of nitrogens with zero attached hydrogens (tertiary/aromatic N) is 1. The van der Waals surface area contributed by atoms with Crippen molar-refractivity contribution in [3.05, 3.63) is 57.9 Å². The van der Waals surface area contributed by atoms with Gasteiger partial charge in [0, 0.05) is 35.5 Å². The molecule has 0 fully saturated rings. The molecule has 0 aliphatic carbocycles. The summed E-state index contributed by atoms with van der Waals surface area (Å²) in [6, 6.07) is 6.24. The first-order valence-electron chi connectivity index (χ1n) is 7.26. The Labute approximate surface area is 127 Å². The van der Waals surface area contributed by atoms with Gasteiger partial charge in [0.2, 0.25) is 0 Å². The Hall–Kier alpha value is -1.87. The Morgan fingerprint density at radius 1 is 1.10 bits per heavy atom. The first kappa shape index (κ1) is 15.5. The molecule has 0 bridgehead atoms. The highest BCUT2D eigenvalue weighted by Gasteiger charge is 2.16. The van der Waals surface area contributed by atoms with Crippen LogP contribution in [0, 0.1) is 27.7 Å². The zero-order chi connectivity index (χ0) is 15.6. The molecule has 0 radical (unpaired) electrons. The summed E-state index contributed by atoms with van der Waals surface area (Å²) < 4.78 is 5.47. The Morgan fingerprint density at radius 3 is 2.29 bits per heavy atom. The molecule has 2 aromatic rings. The van der Waals surface area contributed by atoms with E-state index in [0.717, 1.165) is 22.6 Å². The molecule has 112 valence electrons. The second-order valence-electron chi connectivity index (χ2n) is 5.66. The normalized spacial score (nSPS) is 12.3. The monoisotopic (exact) mass is 284 g/mol. The predicted molar refractivity (Wildman–Crippen MR) is 86.8 cm³/mol. The molecule has 1 aromatic heterocycles. The number of aromatic nitrogens is 1. The Morgan fingerprint density at radius 2 is 1.71 bits per heavy atom. The number of rotatable bonds is 4. The molecular formula is C18H24N2O. The van der Waals surface area contributed by atoms with Crippen LogP contribution in [0.2, 0.25) is 0 Å². The quantitative estimate of drug-likeness (QED) is 0.933. The molecule has 1 aromatic carbocycles. The molecular weight excluding hydrogens is 260 g/mol. The number of methoxy groups -OCH3 is 1. The van der Waals surface area contributed by atoms with Gasteiger partial charge in [-0.2, -0.15) is 0 Å². The largest absolute Gasteiger partial charge is 0.496 e. The third-order valence-electron chi connectivity index (χ3n) is 4.08. The lowest BCUT2D eigenvalue weighted by molar-refractivity contribution is 0.406. The van der Waals surface area contributed by atoms with Gasteiger partial charge in [-0.3, -0.25) is 4.98 Å². The van der Waals surface area contributed by atoms with Crippen molar-refractivity contribution in [1.29, 1.82) is 0 Å². The summed E-state index contributed by atoms with van der Waals surface area (Å²) >= 11 is 0. The van der Waals surface area contributed by atoms with Crippen LogP contribution < -0.4 is 10.5 Å². The summed E-state index contributed by atoms with van der Waals surface area (Å²) in [7, 11) is 1.70. The Bertz CT molecular complexity index is 630. The number of aryl methyl sites for hydroxylation is 3. The molecule has 0 aliphatic rings. The van der Waals surface area contributed by atoms with E-state index in [2.05, 4.69) is 37.0 Å². The molecule has 1 unspecified atom stereocenters. The van der Waals surface area contributed by atoms with Crippen molar-refractivity contribution in [3.63, 3.8) is 0 Å². The third-order valence-corrected chi connectivity index (χ3v) is 4.08. The number of nitrogens with two attached hydrogens (primary N) is 1. The van der Waals surface area contributed by atoms with Crippen molar-refractivity contribution in [2.75, 3.05) is 7.11 Å². The van der Waals surface area contributed by atoms with Crippen molar-refractivity contribution >= 4 is 0 Å². The van der Waals surface area contributed by atoms with Crippen molar-refractivity contribution < 1.29 is 4.74 Å². The summed E-state index contributed by atoms with van der Waals surface area (Å²) in [5, 5.41) is 0. The van der Waals surface area contributed by atoms with Crippen molar-refractivity contribution in [3.8, 4) is 5.75 Å². The van der Waals surface area contributed by atoms with Crippen molar-refractivity contribution in [2.24, 2.45) is 5.73 Å². The standard InChI is InChI=1S/C18H24N2O/c1-11-7-6-8-12(2)17(11)15(19)9-16-14(4)18(21-5)13(3)10-20-16/h6-8,10,15H,9,19H2,1-5H3. The van der Waals surface area contributed by atoms with Gasteiger partial charge < -0.3 is 10.5 Å². The van der Waals surface area contributed by atoms with Crippen molar-refractivity contribution in [2.45, 2.75) is 40.2 Å². The first-order valence-corrected chi connectivity index (χ1v) is 7.26. The highest BCUT2D eigenvalue weighted by Crippen LogP contribution is 2.28. The summed E-state index contributed by atoms with van der Waals surface area (Å²) in [4.78, 5) is 4.55. The maximum atomic E-state index is 6.45. The number of hydrogen-bond acceptors (Lipinski definition) is 3. The van der Waals surface area contributed by atoms with Gasteiger partial charge in [-0.15, -0.1) is 0 Å². The van der Waals surface area contributed by atoms with Crippen LogP contribution in [0.4, 0.5) is 0 Å². The molecule has 2 N–H and O–H groups in total. The molecule has 3 heteroatoms. The highest BCUT2D eigenvalue weighted by atomic mass is 16.5. The van der Waals surface area contributed by atoms with E-state index in [4.69, 9.17) is 10.5 Å². The van der Waals surface area contributed by atoms with Crippen LogP contribution in [-0.2, 0) is 6.42 Å².